The molecule has 0 N–H and O–H groups in total. The monoisotopic (exact) mass is 442 g/mol. The summed E-state index contributed by atoms with van der Waals surface area (Å²) >= 11 is 7.63. The van der Waals surface area contributed by atoms with Crippen LogP contribution in [0.3, 0.4) is 0 Å². The third kappa shape index (κ3) is 3.79. The molecule has 3 heterocycles. The maximum atomic E-state index is 5.85. The molecule has 1 saturated carbocycles. The zero-order valence-corrected chi connectivity index (χ0v) is 19.0. The Labute approximate surface area is 185 Å². The molecule has 1 fully saturated rings. The number of nitrogens with zero attached hydrogens (tertiary/aromatic N) is 4. The Morgan fingerprint density at radius 3 is 2.60 bits per heavy atom. The number of hydrogen-bond acceptors (Lipinski definition) is 6. The van der Waals surface area contributed by atoms with Gasteiger partial charge in [-0.25, -0.2) is 4.68 Å². The average molecular weight is 443 g/mol. The van der Waals surface area contributed by atoms with Gasteiger partial charge in [-0.3, -0.25) is 4.90 Å². The average Bonchev–Trinajstić information content (AvgIpc) is 3.37. The Morgan fingerprint density at radius 1 is 1.17 bits per heavy atom. The van der Waals surface area contributed by atoms with Crippen molar-refractivity contribution < 1.29 is 9.47 Å². The summed E-state index contributed by atoms with van der Waals surface area (Å²) in [5, 5.41) is 7.07. The van der Waals surface area contributed by atoms with Gasteiger partial charge in [0.1, 0.15) is 5.82 Å². The van der Waals surface area contributed by atoms with E-state index in [2.05, 4.69) is 39.1 Å². The van der Waals surface area contributed by atoms with Gasteiger partial charge in [0.05, 0.1) is 20.9 Å². The van der Waals surface area contributed by atoms with Crippen molar-refractivity contribution in [2.45, 2.75) is 44.9 Å². The first kappa shape index (κ1) is 19.8. The molecule has 2 aromatic heterocycles. The van der Waals surface area contributed by atoms with Crippen LogP contribution in [-0.4, -0.2) is 40.0 Å². The molecule has 8 heteroatoms. The SMILES string of the molecule is COc1cc2c(cc1OC)CN(Cn1nc(Cc3cccs3)n(C3CC3)c1=S)CC2. The molecule has 0 radical (unpaired) electrons. The number of thiophene rings is 1. The summed E-state index contributed by atoms with van der Waals surface area (Å²) in [5.74, 6) is 2.67. The molecule has 30 heavy (non-hydrogen) atoms. The van der Waals surface area contributed by atoms with Crippen LogP contribution >= 0.6 is 23.6 Å². The van der Waals surface area contributed by atoms with E-state index in [4.69, 9.17) is 26.8 Å². The normalized spacial score (nSPS) is 16.5. The largest absolute Gasteiger partial charge is 0.493 e. The van der Waals surface area contributed by atoms with Crippen LogP contribution in [0.1, 0.15) is 40.7 Å². The summed E-state index contributed by atoms with van der Waals surface area (Å²) in [7, 11) is 3.37. The molecule has 1 aromatic carbocycles. The van der Waals surface area contributed by atoms with Gasteiger partial charge in [-0.1, -0.05) is 6.07 Å². The lowest BCUT2D eigenvalue weighted by Crippen LogP contribution is -2.33. The van der Waals surface area contributed by atoms with E-state index in [-0.39, 0.29) is 0 Å². The van der Waals surface area contributed by atoms with Gasteiger partial charge in [-0.15, -0.1) is 11.3 Å². The van der Waals surface area contributed by atoms with E-state index in [1.165, 1.54) is 28.8 Å². The summed E-state index contributed by atoms with van der Waals surface area (Å²) in [5.41, 5.74) is 2.61. The van der Waals surface area contributed by atoms with Gasteiger partial charge in [0, 0.05) is 30.4 Å². The zero-order valence-electron chi connectivity index (χ0n) is 17.3. The lowest BCUT2D eigenvalue weighted by atomic mass is 9.99. The minimum Gasteiger partial charge on any atom is -0.493 e. The number of aromatic nitrogens is 3. The predicted octanol–water partition coefficient (Wildman–Crippen LogP) is 4.43. The topological polar surface area (TPSA) is 44.5 Å². The van der Waals surface area contributed by atoms with Gasteiger partial charge < -0.3 is 14.0 Å². The molecule has 158 valence electrons. The van der Waals surface area contributed by atoms with E-state index in [9.17, 15) is 0 Å². The summed E-state index contributed by atoms with van der Waals surface area (Å²) in [6.45, 7) is 2.54. The van der Waals surface area contributed by atoms with Gasteiger partial charge in [0.25, 0.3) is 0 Å². The summed E-state index contributed by atoms with van der Waals surface area (Å²) < 4.78 is 16.1. The lowest BCUT2D eigenvalue weighted by Gasteiger charge is -2.29. The van der Waals surface area contributed by atoms with Gasteiger partial charge >= 0.3 is 0 Å². The molecule has 0 unspecified atom stereocenters. The Kier molecular flexibility index (Phi) is 5.39. The first-order valence-electron chi connectivity index (χ1n) is 10.3. The first-order valence-corrected chi connectivity index (χ1v) is 11.6. The summed E-state index contributed by atoms with van der Waals surface area (Å²) in [4.78, 5) is 3.74. The van der Waals surface area contributed by atoms with E-state index < -0.39 is 0 Å². The van der Waals surface area contributed by atoms with Crippen molar-refractivity contribution in [2.24, 2.45) is 0 Å². The van der Waals surface area contributed by atoms with Crippen LogP contribution in [-0.2, 0) is 26.1 Å². The molecule has 0 atom stereocenters. The van der Waals surface area contributed by atoms with E-state index in [0.29, 0.717) is 12.7 Å². The number of benzene rings is 1. The maximum absolute atomic E-state index is 5.85. The Balaban J connectivity index is 1.38. The molecule has 0 spiro atoms. The lowest BCUT2D eigenvalue weighted by molar-refractivity contribution is 0.187. The first-order chi connectivity index (χ1) is 14.7. The number of methoxy groups -OCH3 is 2. The molecule has 6 nitrogen and oxygen atoms in total. The minimum atomic E-state index is 0.528. The van der Waals surface area contributed by atoms with Gasteiger partial charge in [0.2, 0.25) is 0 Å². The van der Waals surface area contributed by atoms with E-state index in [1.807, 2.05) is 4.68 Å². The fraction of sp³-hybridized carbons (Fsp3) is 0.455. The molecule has 1 aliphatic heterocycles. The Hall–Kier alpha value is -2.16. The second-order valence-corrected chi connectivity index (χ2v) is 9.37. The van der Waals surface area contributed by atoms with Crippen LogP contribution < -0.4 is 9.47 Å². The third-order valence-corrected chi connectivity index (χ3v) is 7.18. The number of rotatable bonds is 7. The molecule has 5 rings (SSSR count). The highest BCUT2D eigenvalue weighted by Gasteiger charge is 2.29. The van der Waals surface area contributed by atoms with Crippen molar-refractivity contribution in [1.82, 2.24) is 19.2 Å². The molecular weight excluding hydrogens is 416 g/mol. The highest BCUT2D eigenvalue weighted by Crippen LogP contribution is 2.37. The van der Waals surface area contributed by atoms with Crippen molar-refractivity contribution in [3.8, 4) is 11.5 Å². The Morgan fingerprint density at radius 2 is 1.93 bits per heavy atom. The summed E-state index contributed by atoms with van der Waals surface area (Å²) in [6.07, 6.45) is 4.24. The zero-order chi connectivity index (χ0) is 20.7. The highest BCUT2D eigenvalue weighted by atomic mass is 32.1. The molecule has 2 aliphatic rings. The van der Waals surface area contributed by atoms with Crippen molar-refractivity contribution >= 4 is 23.6 Å². The molecular formula is C22H26N4O2S2. The van der Waals surface area contributed by atoms with Crippen molar-refractivity contribution in [2.75, 3.05) is 20.8 Å². The Bertz CT molecular complexity index is 1100. The maximum Gasteiger partial charge on any atom is 0.199 e. The van der Waals surface area contributed by atoms with Gasteiger partial charge in [0.15, 0.2) is 16.3 Å². The fourth-order valence-electron chi connectivity index (χ4n) is 4.20. The second-order valence-electron chi connectivity index (χ2n) is 7.98. The third-order valence-electron chi connectivity index (χ3n) is 5.90. The molecule has 3 aromatic rings. The quantitative estimate of drug-likeness (QED) is 0.507. The molecule has 0 amide bonds. The number of fused-ring (bicyclic) bond motifs is 1. The number of hydrogen-bond donors (Lipinski definition) is 0. The molecule has 0 bridgehead atoms. The van der Waals surface area contributed by atoms with Crippen LogP contribution in [0.2, 0.25) is 0 Å². The second kappa shape index (κ2) is 8.17. The van der Waals surface area contributed by atoms with Crippen molar-refractivity contribution in [3.05, 3.63) is 56.2 Å². The van der Waals surface area contributed by atoms with Gasteiger partial charge in [-0.05, 0) is 66.2 Å². The van der Waals surface area contributed by atoms with E-state index in [0.717, 1.165) is 48.0 Å². The van der Waals surface area contributed by atoms with E-state index >= 15 is 0 Å². The van der Waals surface area contributed by atoms with Crippen LogP contribution in [0.15, 0.2) is 29.6 Å². The standard InChI is InChI=1S/C22H26N4O2S2/c1-27-19-10-15-7-8-24(13-16(15)11-20(19)28-2)14-25-22(29)26(17-5-6-17)21(23-25)12-18-4-3-9-30-18/h3-4,9-11,17H,5-8,12-14H2,1-2H3. The smallest absolute Gasteiger partial charge is 0.199 e. The van der Waals surface area contributed by atoms with Crippen molar-refractivity contribution in [1.29, 1.82) is 0 Å². The van der Waals surface area contributed by atoms with Crippen LogP contribution in [0.4, 0.5) is 0 Å². The number of ether oxygens (including phenoxy) is 2. The van der Waals surface area contributed by atoms with Gasteiger partial charge in [-0.2, -0.15) is 5.10 Å². The highest BCUT2D eigenvalue weighted by molar-refractivity contribution is 7.71. The van der Waals surface area contributed by atoms with Crippen LogP contribution in [0.5, 0.6) is 11.5 Å². The van der Waals surface area contributed by atoms with Crippen LogP contribution in [0, 0.1) is 4.77 Å². The van der Waals surface area contributed by atoms with Crippen LogP contribution in [0.25, 0.3) is 0 Å². The molecule has 1 aliphatic carbocycles. The fourth-order valence-corrected chi connectivity index (χ4v) is 5.25. The summed E-state index contributed by atoms with van der Waals surface area (Å²) in [6, 6.07) is 9.01. The molecule has 0 saturated heterocycles. The minimum absolute atomic E-state index is 0.528. The predicted molar refractivity (Wildman–Crippen MR) is 120 cm³/mol. The van der Waals surface area contributed by atoms with E-state index in [1.54, 1.807) is 25.6 Å². The van der Waals surface area contributed by atoms with Crippen molar-refractivity contribution in [3.63, 3.8) is 0 Å².